The van der Waals surface area contributed by atoms with E-state index in [1.54, 1.807) is 17.0 Å². The fourth-order valence-electron chi connectivity index (χ4n) is 3.13. The summed E-state index contributed by atoms with van der Waals surface area (Å²) < 4.78 is 25.1. The van der Waals surface area contributed by atoms with Crippen LogP contribution in [0.1, 0.15) is 51.5 Å². The van der Waals surface area contributed by atoms with E-state index >= 15 is 0 Å². The van der Waals surface area contributed by atoms with Gasteiger partial charge in [0.1, 0.15) is 0 Å². The number of hydrogen-bond donors (Lipinski definition) is 1. The number of amides is 2. The molecule has 6 nitrogen and oxygen atoms in total. The van der Waals surface area contributed by atoms with Crippen molar-refractivity contribution in [3.8, 4) is 0 Å². The average molecular weight is 381 g/mol. The Morgan fingerprint density at radius 3 is 2.69 bits per heavy atom. The zero-order valence-electron chi connectivity index (χ0n) is 15.6. The fourth-order valence-corrected chi connectivity index (χ4v) is 4.42. The summed E-state index contributed by atoms with van der Waals surface area (Å²) in [6, 6.07) is 4.89. The number of rotatable bonds is 8. The molecule has 7 heteroatoms. The summed E-state index contributed by atoms with van der Waals surface area (Å²) in [6.45, 7) is 4.85. The highest BCUT2D eigenvalue weighted by Gasteiger charge is 2.23. The first-order valence-corrected chi connectivity index (χ1v) is 10.9. The van der Waals surface area contributed by atoms with Gasteiger partial charge in [-0.05, 0) is 43.0 Å². The molecule has 2 rings (SSSR count). The van der Waals surface area contributed by atoms with Crippen LogP contribution in [-0.4, -0.2) is 39.1 Å². The van der Waals surface area contributed by atoms with Crippen LogP contribution in [0, 0.1) is 0 Å². The number of benzene rings is 1. The van der Waals surface area contributed by atoms with Crippen molar-refractivity contribution in [1.29, 1.82) is 0 Å². The van der Waals surface area contributed by atoms with Gasteiger partial charge in [0, 0.05) is 32.1 Å². The largest absolute Gasteiger partial charge is 0.356 e. The molecule has 1 aromatic rings. The van der Waals surface area contributed by atoms with Crippen LogP contribution in [0.15, 0.2) is 23.1 Å². The van der Waals surface area contributed by atoms with Gasteiger partial charge in [-0.25, -0.2) is 8.42 Å². The topological polar surface area (TPSA) is 83.6 Å². The number of carbonyl (C=O) groups excluding carboxylic acids is 2. The molecule has 0 spiro atoms. The Bertz CT molecular complexity index is 759. The van der Waals surface area contributed by atoms with Crippen molar-refractivity contribution in [2.75, 3.05) is 23.7 Å². The van der Waals surface area contributed by atoms with Crippen LogP contribution in [0.25, 0.3) is 0 Å². The van der Waals surface area contributed by atoms with Gasteiger partial charge in [-0.3, -0.25) is 9.59 Å². The Hall–Kier alpha value is -1.89. The highest BCUT2D eigenvalue weighted by molar-refractivity contribution is 7.91. The molecule has 2 amide bonds. The Kier molecular flexibility index (Phi) is 7.20. The van der Waals surface area contributed by atoms with Crippen LogP contribution in [0.3, 0.4) is 0 Å². The molecule has 0 atom stereocenters. The molecule has 1 aliphatic heterocycles. The molecule has 0 saturated carbocycles. The Balaban J connectivity index is 2.01. The zero-order valence-corrected chi connectivity index (χ0v) is 16.4. The molecule has 26 heavy (non-hydrogen) atoms. The van der Waals surface area contributed by atoms with E-state index in [2.05, 4.69) is 12.2 Å². The number of unbranched alkanes of at least 4 members (excludes halogenated alkanes) is 2. The summed E-state index contributed by atoms with van der Waals surface area (Å²) in [5.41, 5.74) is 1.66. The molecule has 1 heterocycles. The first kappa shape index (κ1) is 20.4. The van der Waals surface area contributed by atoms with E-state index in [4.69, 9.17) is 0 Å². The number of nitrogens with one attached hydrogen (secondary N) is 1. The maximum Gasteiger partial charge on any atom is 0.223 e. The monoisotopic (exact) mass is 380 g/mol. The Labute approximate surface area is 155 Å². The van der Waals surface area contributed by atoms with Crippen molar-refractivity contribution >= 4 is 27.3 Å². The molecule has 1 aromatic carbocycles. The van der Waals surface area contributed by atoms with Gasteiger partial charge in [0.15, 0.2) is 9.84 Å². The summed E-state index contributed by atoms with van der Waals surface area (Å²) in [6.07, 6.45) is 4.56. The van der Waals surface area contributed by atoms with Crippen molar-refractivity contribution in [1.82, 2.24) is 5.32 Å². The van der Waals surface area contributed by atoms with Gasteiger partial charge in [0.2, 0.25) is 11.8 Å². The lowest BCUT2D eigenvalue weighted by Crippen LogP contribution is -2.33. The van der Waals surface area contributed by atoms with Crippen molar-refractivity contribution in [3.63, 3.8) is 0 Å². The molecule has 0 radical (unpaired) electrons. The lowest BCUT2D eigenvalue weighted by Gasteiger charge is -2.28. The molecule has 1 N–H and O–H groups in total. The molecule has 0 bridgehead atoms. The molecule has 0 unspecified atom stereocenters. The SMILES string of the molecule is CCCCCNC(=O)CCS(=O)(=O)c1ccc2c(c1)CCCN2C(C)=O. The quantitative estimate of drug-likeness (QED) is 0.702. The minimum atomic E-state index is -3.53. The van der Waals surface area contributed by atoms with Crippen LogP contribution >= 0.6 is 0 Å². The molecule has 0 aromatic heterocycles. The lowest BCUT2D eigenvalue weighted by atomic mass is 10.0. The van der Waals surface area contributed by atoms with Crippen LogP contribution in [-0.2, 0) is 25.8 Å². The van der Waals surface area contributed by atoms with Crippen molar-refractivity contribution in [2.45, 2.75) is 57.3 Å². The maximum atomic E-state index is 12.6. The second-order valence-corrected chi connectivity index (χ2v) is 8.80. The van der Waals surface area contributed by atoms with E-state index in [-0.39, 0.29) is 28.9 Å². The number of anilines is 1. The van der Waals surface area contributed by atoms with E-state index in [0.29, 0.717) is 13.1 Å². The van der Waals surface area contributed by atoms with Crippen molar-refractivity contribution in [3.05, 3.63) is 23.8 Å². The highest BCUT2D eigenvalue weighted by Crippen LogP contribution is 2.30. The standard InChI is InChI=1S/C19H28N2O4S/c1-3-4-5-11-20-19(23)10-13-26(24,25)17-8-9-18-16(14-17)7-6-12-21(18)15(2)22/h8-9,14H,3-7,10-13H2,1-2H3,(H,20,23). The van der Waals surface area contributed by atoms with Gasteiger partial charge in [0.25, 0.3) is 0 Å². The van der Waals surface area contributed by atoms with Gasteiger partial charge in [-0.1, -0.05) is 19.8 Å². The van der Waals surface area contributed by atoms with E-state index in [1.807, 2.05) is 0 Å². The Morgan fingerprint density at radius 2 is 2.00 bits per heavy atom. The van der Waals surface area contributed by atoms with Gasteiger partial charge < -0.3 is 10.2 Å². The second kappa shape index (κ2) is 9.16. The molecule has 0 aliphatic carbocycles. The smallest absolute Gasteiger partial charge is 0.223 e. The van der Waals surface area contributed by atoms with Gasteiger partial charge in [-0.15, -0.1) is 0 Å². The minimum Gasteiger partial charge on any atom is -0.356 e. The molecule has 144 valence electrons. The third kappa shape index (κ3) is 5.30. The van der Waals surface area contributed by atoms with Crippen molar-refractivity contribution in [2.24, 2.45) is 0 Å². The maximum absolute atomic E-state index is 12.6. The summed E-state index contributed by atoms with van der Waals surface area (Å²) in [7, 11) is -3.53. The summed E-state index contributed by atoms with van der Waals surface area (Å²) >= 11 is 0. The normalized spacial score (nSPS) is 14.0. The van der Waals surface area contributed by atoms with E-state index in [0.717, 1.165) is 43.4 Å². The van der Waals surface area contributed by atoms with Crippen LogP contribution in [0.2, 0.25) is 0 Å². The lowest BCUT2D eigenvalue weighted by molar-refractivity contribution is -0.120. The molecule has 1 aliphatic rings. The predicted molar refractivity (Wildman–Crippen MR) is 102 cm³/mol. The third-order valence-electron chi connectivity index (χ3n) is 4.61. The average Bonchev–Trinajstić information content (AvgIpc) is 2.62. The summed E-state index contributed by atoms with van der Waals surface area (Å²) in [4.78, 5) is 25.4. The third-order valence-corrected chi connectivity index (χ3v) is 6.32. The molecular formula is C19H28N2O4S. The highest BCUT2D eigenvalue weighted by atomic mass is 32.2. The number of fused-ring (bicyclic) bond motifs is 1. The van der Waals surface area contributed by atoms with E-state index in [9.17, 15) is 18.0 Å². The number of nitrogens with zero attached hydrogens (tertiary/aromatic N) is 1. The first-order valence-electron chi connectivity index (χ1n) is 9.25. The van der Waals surface area contributed by atoms with Crippen LogP contribution in [0.5, 0.6) is 0 Å². The predicted octanol–water partition coefficient (Wildman–Crippen LogP) is 2.46. The number of carbonyl (C=O) groups is 2. The number of hydrogen-bond acceptors (Lipinski definition) is 4. The number of aryl methyl sites for hydroxylation is 1. The van der Waals surface area contributed by atoms with Gasteiger partial charge in [-0.2, -0.15) is 0 Å². The van der Waals surface area contributed by atoms with Crippen LogP contribution in [0.4, 0.5) is 5.69 Å². The summed E-state index contributed by atoms with van der Waals surface area (Å²) in [5.74, 6) is -0.478. The fraction of sp³-hybridized carbons (Fsp3) is 0.579. The molecule has 0 fully saturated rings. The van der Waals surface area contributed by atoms with Gasteiger partial charge in [0.05, 0.1) is 10.6 Å². The molecule has 0 saturated heterocycles. The van der Waals surface area contributed by atoms with Crippen LogP contribution < -0.4 is 10.2 Å². The van der Waals surface area contributed by atoms with E-state index in [1.165, 1.54) is 13.0 Å². The van der Waals surface area contributed by atoms with Crippen molar-refractivity contribution < 1.29 is 18.0 Å². The summed E-state index contributed by atoms with van der Waals surface area (Å²) in [5, 5.41) is 2.76. The zero-order chi connectivity index (χ0) is 19.2. The number of sulfone groups is 1. The first-order chi connectivity index (χ1) is 12.3. The molecular weight excluding hydrogens is 352 g/mol. The minimum absolute atomic E-state index is 0.0366. The second-order valence-electron chi connectivity index (χ2n) is 6.69. The Morgan fingerprint density at radius 1 is 1.23 bits per heavy atom. The van der Waals surface area contributed by atoms with E-state index < -0.39 is 9.84 Å². The van der Waals surface area contributed by atoms with Gasteiger partial charge >= 0.3 is 0 Å².